The van der Waals surface area contributed by atoms with Crippen LogP contribution in [0.2, 0.25) is 0 Å². The van der Waals surface area contributed by atoms with E-state index in [4.69, 9.17) is 4.74 Å². The third-order valence-corrected chi connectivity index (χ3v) is 4.57. The zero-order valence-corrected chi connectivity index (χ0v) is 10.8. The molecule has 0 aromatic rings. The van der Waals surface area contributed by atoms with Crippen LogP contribution in [-0.2, 0) is 14.3 Å². The topological polar surface area (TPSA) is 43.4 Å². The van der Waals surface area contributed by atoms with E-state index in [0.29, 0.717) is 12.8 Å². The number of allylic oxidation sites excluding steroid dienone is 1. The lowest BCUT2D eigenvalue weighted by Gasteiger charge is -2.51. The summed E-state index contributed by atoms with van der Waals surface area (Å²) < 4.78 is 5.03. The van der Waals surface area contributed by atoms with E-state index < -0.39 is 5.41 Å². The smallest absolute Gasteiger partial charge is 0.316 e. The zero-order valence-electron chi connectivity index (χ0n) is 10.8. The fourth-order valence-corrected chi connectivity index (χ4v) is 3.54. The first-order chi connectivity index (χ1) is 7.94. The van der Waals surface area contributed by atoms with Crippen molar-refractivity contribution in [3.8, 4) is 0 Å². The van der Waals surface area contributed by atoms with E-state index in [1.165, 1.54) is 7.11 Å². The highest BCUT2D eigenvalue weighted by Gasteiger charge is 2.56. The molecule has 0 N–H and O–H groups in total. The second-order valence-corrected chi connectivity index (χ2v) is 5.77. The molecule has 3 heteroatoms. The van der Waals surface area contributed by atoms with Gasteiger partial charge in [-0.15, -0.1) is 0 Å². The summed E-state index contributed by atoms with van der Waals surface area (Å²) in [5, 5.41) is 0. The number of hydrogen-bond donors (Lipinski definition) is 0. The molecule has 94 valence electrons. The first-order valence-corrected chi connectivity index (χ1v) is 6.26. The van der Waals surface area contributed by atoms with Gasteiger partial charge in [-0.1, -0.05) is 13.8 Å². The number of ether oxygens (including phenoxy) is 1. The van der Waals surface area contributed by atoms with Crippen LogP contribution in [0.15, 0.2) is 11.6 Å². The summed E-state index contributed by atoms with van der Waals surface area (Å²) in [7, 11) is 1.44. The van der Waals surface area contributed by atoms with Gasteiger partial charge in [0.15, 0.2) is 5.78 Å². The molecule has 0 aromatic carbocycles. The predicted octanol–water partition coefficient (Wildman–Crippen LogP) is 2.65. The second kappa shape index (κ2) is 3.97. The quantitative estimate of drug-likeness (QED) is 0.657. The molecule has 2 aliphatic rings. The fourth-order valence-electron chi connectivity index (χ4n) is 3.54. The Morgan fingerprint density at radius 3 is 2.65 bits per heavy atom. The van der Waals surface area contributed by atoms with Crippen LogP contribution in [0.4, 0.5) is 0 Å². The maximum absolute atomic E-state index is 12.3. The predicted molar refractivity (Wildman–Crippen MR) is 64.4 cm³/mol. The number of methoxy groups -OCH3 is 1. The Kier molecular flexibility index (Phi) is 2.88. The van der Waals surface area contributed by atoms with Gasteiger partial charge in [-0.3, -0.25) is 9.59 Å². The van der Waals surface area contributed by atoms with E-state index in [1.807, 2.05) is 0 Å². The molecule has 0 spiro atoms. The average molecular weight is 236 g/mol. The summed E-state index contributed by atoms with van der Waals surface area (Å²) in [6, 6.07) is 0. The summed E-state index contributed by atoms with van der Waals surface area (Å²) in [6.45, 7) is 4.24. The van der Waals surface area contributed by atoms with Crippen molar-refractivity contribution in [1.29, 1.82) is 0 Å². The van der Waals surface area contributed by atoms with Crippen molar-refractivity contribution < 1.29 is 14.3 Å². The summed E-state index contributed by atoms with van der Waals surface area (Å²) in [4.78, 5) is 23.8. The summed E-state index contributed by atoms with van der Waals surface area (Å²) in [6.07, 6.45) is 5.67. The first kappa shape index (κ1) is 12.3. The zero-order chi connectivity index (χ0) is 12.7. The summed E-state index contributed by atoms with van der Waals surface area (Å²) >= 11 is 0. The molecule has 0 amide bonds. The Balaban J connectivity index is 2.55. The second-order valence-electron chi connectivity index (χ2n) is 5.77. The molecule has 0 aliphatic heterocycles. The monoisotopic (exact) mass is 236 g/mol. The Morgan fingerprint density at radius 1 is 1.29 bits per heavy atom. The molecule has 2 aliphatic carbocycles. The lowest BCUT2D eigenvalue weighted by Crippen LogP contribution is -2.50. The molecule has 2 rings (SSSR count). The van der Waals surface area contributed by atoms with Gasteiger partial charge in [-0.2, -0.15) is 0 Å². The summed E-state index contributed by atoms with van der Waals surface area (Å²) in [5.41, 5.74) is 0.315. The van der Waals surface area contributed by atoms with Gasteiger partial charge in [0.2, 0.25) is 0 Å². The molecule has 1 unspecified atom stereocenters. The van der Waals surface area contributed by atoms with E-state index in [1.54, 1.807) is 6.08 Å². The molecule has 3 nitrogen and oxygen atoms in total. The average Bonchev–Trinajstić information content (AvgIpc) is 2.27. The minimum absolute atomic E-state index is 0.120. The highest BCUT2D eigenvalue weighted by atomic mass is 16.5. The van der Waals surface area contributed by atoms with Crippen LogP contribution in [0.25, 0.3) is 0 Å². The van der Waals surface area contributed by atoms with Gasteiger partial charge in [-0.25, -0.2) is 0 Å². The van der Waals surface area contributed by atoms with E-state index in [9.17, 15) is 9.59 Å². The highest BCUT2D eigenvalue weighted by Crippen LogP contribution is 2.57. The highest BCUT2D eigenvalue weighted by molar-refractivity contribution is 5.95. The normalized spacial score (nSPS) is 31.5. The van der Waals surface area contributed by atoms with E-state index in [2.05, 4.69) is 13.8 Å². The minimum atomic E-state index is -0.562. The van der Waals surface area contributed by atoms with E-state index in [-0.39, 0.29) is 17.2 Å². The van der Waals surface area contributed by atoms with Crippen molar-refractivity contribution in [3.63, 3.8) is 0 Å². The lowest BCUT2D eigenvalue weighted by atomic mass is 9.52. The maximum atomic E-state index is 12.3. The summed E-state index contributed by atoms with van der Waals surface area (Å²) in [5.74, 6) is -0.0156. The molecule has 1 saturated carbocycles. The number of rotatable bonds is 1. The Morgan fingerprint density at radius 2 is 2.00 bits per heavy atom. The number of esters is 1. The number of ketones is 1. The Bertz CT molecular complexity index is 392. The fraction of sp³-hybridized carbons (Fsp3) is 0.714. The minimum Gasteiger partial charge on any atom is -0.468 e. The van der Waals surface area contributed by atoms with Crippen LogP contribution < -0.4 is 0 Å². The van der Waals surface area contributed by atoms with Crippen molar-refractivity contribution in [2.24, 2.45) is 10.8 Å². The number of carbonyl (C=O) groups excluding carboxylic acids is 2. The van der Waals surface area contributed by atoms with Gasteiger partial charge in [-0.05, 0) is 42.7 Å². The van der Waals surface area contributed by atoms with Gasteiger partial charge in [0.1, 0.15) is 0 Å². The van der Waals surface area contributed by atoms with Crippen LogP contribution in [0, 0.1) is 10.8 Å². The van der Waals surface area contributed by atoms with Crippen LogP contribution in [0.5, 0.6) is 0 Å². The van der Waals surface area contributed by atoms with Crippen molar-refractivity contribution in [3.05, 3.63) is 11.6 Å². The van der Waals surface area contributed by atoms with Crippen LogP contribution >= 0.6 is 0 Å². The Hall–Kier alpha value is -1.12. The third kappa shape index (κ3) is 1.63. The molecule has 1 atom stereocenters. The van der Waals surface area contributed by atoms with Gasteiger partial charge in [0, 0.05) is 6.42 Å². The number of carbonyl (C=O) groups is 2. The molecular formula is C14H20O3. The molecule has 0 bridgehead atoms. The molecular weight excluding hydrogens is 216 g/mol. The van der Waals surface area contributed by atoms with Gasteiger partial charge in [0.25, 0.3) is 0 Å². The maximum Gasteiger partial charge on any atom is 0.316 e. The van der Waals surface area contributed by atoms with Gasteiger partial charge >= 0.3 is 5.97 Å². The SMILES string of the molecule is COC(=O)C12CCC(=O)C=C1CCCC2(C)C. The largest absolute Gasteiger partial charge is 0.468 e. The van der Waals surface area contributed by atoms with Crippen LogP contribution in [0.3, 0.4) is 0 Å². The van der Waals surface area contributed by atoms with Gasteiger partial charge in [0.05, 0.1) is 12.5 Å². The van der Waals surface area contributed by atoms with Crippen LogP contribution in [0.1, 0.15) is 46.0 Å². The Labute approximate surface area is 102 Å². The molecule has 0 radical (unpaired) electrons. The van der Waals surface area contributed by atoms with Crippen molar-refractivity contribution in [2.75, 3.05) is 7.11 Å². The number of fused-ring (bicyclic) bond motifs is 1. The van der Waals surface area contributed by atoms with E-state index >= 15 is 0 Å². The molecule has 17 heavy (non-hydrogen) atoms. The molecule has 0 saturated heterocycles. The van der Waals surface area contributed by atoms with E-state index in [0.717, 1.165) is 24.8 Å². The lowest BCUT2D eigenvalue weighted by molar-refractivity contribution is -0.160. The standard InChI is InChI=1S/C14H20O3/c1-13(2)7-4-5-10-9-11(15)6-8-14(10,13)12(16)17-3/h9H,4-8H2,1-3H3. The van der Waals surface area contributed by atoms with Crippen molar-refractivity contribution in [1.82, 2.24) is 0 Å². The van der Waals surface area contributed by atoms with Gasteiger partial charge < -0.3 is 4.74 Å². The first-order valence-electron chi connectivity index (χ1n) is 6.26. The van der Waals surface area contributed by atoms with Crippen molar-refractivity contribution >= 4 is 11.8 Å². The van der Waals surface area contributed by atoms with Crippen molar-refractivity contribution in [2.45, 2.75) is 46.0 Å². The third-order valence-electron chi connectivity index (χ3n) is 4.57. The van der Waals surface area contributed by atoms with Crippen LogP contribution in [-0.4, -0.2) is 18.9 Å². The number of hydrogen-bond acceptors (Lipinski definition) is 3. The molecule has 0 aromatic heterocycles. The molecule has 1 fully saturated rings. The molecule has 0 heterocycles.